The normalized spacial score (nSPS) is 11.3. The lowest BCUT2D eigenvalue weighted by atomic mass is 10.1. The van der Waals surface area contributed by atoms with Crippen LogP contribution >= 0.6 is 15.9 Å². The van der Waals surface area contributed by atoms with Crippen LogP contribution in [-0.2, 0) is 6.42 Å². The first-order valence-corrected chi connectivity index (χ1v) is 7.59. The third-order valence-electron chi connectivity index (χ3n) is 3.22. The van der Waals surface area contributed by atoms with Crippen LogP contribution in [-0.4, -0.2) is 11.6 Å². The summed E-state index contributed by atoms with van der Waals surface area (Å²) in [6.07, 6.45) is 1.01. The molecule has 0 aliphatic carbocycles. The first-order chi connectivity index (χ1) is 10.1. The fourth-order valence-electron chi connectivity index (χ4n) is 1.89. The van der Waals surface area contributed by atoms with Crippen LogP contribution in [0.15, 0.2) is 58.1 Å². The maximum atomic E-state index is 12.1. The Kier molecular flexibility index (Phi) is 5.28. The SMILES string of the molecule is CCc1ccc(C(C)=NNC(=O)c2ccccc2Br)cc1. The van der Waals surface area contributed by atoms with Gasteiger partial charge in [0.2, 0.25) is 0 Å². The topological polar surface area (TPSA) is 41.5 Å². The second kappa shape index (κ2) is 7.18. The van der Waals surface area contributed by atoms with Crippen LogP contribution in [0.2, 0.25) is 0 Å². The Morgan fingerprint density at radius 2 is 1.81 bits per heavy atom. The number of nitrogens with one attached hydrogen (secondary N) is 1. The van der Waals surface area contributed by atoms with E-state index in [2.05, 4.69) is 45.5 Å². The van der Waals surface area contributed by atoms with Crippen molar-refractivity contribution >= 4 is 27.5 Å². The molecule has 0 radical (unpaired) electrons. The summed E-state index contributed by atoms with van der Waals surface area (Å²) >= 11 is 3.36. The van der Waals surface area contributed by atoms with Crippen LogP contribution < -0.4 is 5.43 Å². The minimum atomic E-state index is -0.230. The van der Waals surface area contributed by atoms with Crippen molar-refractivity contribution < 1.29 is 4.79 Å². The quantitative estimate of drug-likeness (QED) is 0.656. The number of hydrogen-bond acceptors (Lipinski definition) is 2. The van der Waals surface area contributed by atoms with Gasteiger partial charge in [-0.05, 0) is 52.5 Å². The minimum Gasteiger partial charge on any atom is -0.267 e. The smallest absolute Gasteiger partial charge is 0.267 e. The molecular formula is C17H17BrN2O. The summed E-state index contributed by atoms with van der Waals surface area (Å²) in [6.45, 7) is 4.00. The number of carbonyl (C=O) groups is 1. The monoisotopic (exact) mass is 344 g/mol. The highest BCUT2D eigenvalue weighted by Gasteiger charge is 2.08. The Labute approximate surface area is 133 Å². The molecule has 0 saturated heterocycles. The largest absolute Gasteiger partial charge is 0.272 e. The van der Waals surface area contributed by atoms with Crippen molar-refractivity contribution in [1.82, 2.24) is 5.43 Å². The van der Waals surface area contributed by atoms with Gasteiger partial charge in [-0.3, -0.25) is 4.79 Å². The molecule has 1 amide bonds. The van der Waals surface area contributed by atoms with Crippen molar-refractivity contribution in [2.75, 3.05) is 0 Å². The van der Waals surface area contributed by atoms with Gasteiger partial charge in [0.05, 0.1) is 11.3 Å². The number of nitrogens with zero attached hydrogens (tertiary/aromatic N) is 1. The van der Waals surface area contributed by atoms with Crippen LogP contribution in [0.4, 0.5) is 0 Å². The van der Waals surface area contributed by atoms with Crippen molar-refractivity contribution in [2.45, 2.75) is 20.3 Å². The van der Waals surface area contributed by atoms with Crippen molar-refractivity contribution in [3.8, 4) is 0 Å². The minimum absolute atomic E-state index is 0.230. The fourth-order valence-corrected chi connectivity index (χ4v) is 2.35. The zero-order valence-electron chi connectivity index (χ0n) is 12.1. The maximum Gasteiger partial charge on any atom is 0.272 e. The second-order valence-electron chi connectivity index (χ2n) is 4.67. The van der Waals surface area contributed by atoms with Crippen LogP contribution in [0.1, 0.15) is 35.3 Å². The number of halogens is 1. The number of amides is 1. The lowest BCUT2D eigenvalue weighted by Crippen LogP contribution is -2.19. The Morgan fingerprint density at radius 3 is 2.43 bits per heavy atom. The van der Waals surface area contributed by atoms with E-state index in [0.717, 1.165) is 22.2 Å². The predicted molar refractivity (Wildman–Crippen MR) is 89.6 cm³/mol. The van der Waals surface area contributed by atoms with Crippen molar-refractivity contribution in [2.24, 2.45) is 5.10 Å². The first-order valence-electron chi connectivity index (χ1n) is 6.80. The van der Waals surface area contributed by atoms with E-state index in [1.54, 1.807) is 6.07 Å². The van der Waals surface area contributed by atoms with Gasteiger partial charge in [-0.2, -0.15) is 5.10 Å². The molecule has 2 aromatic carbocycles. The third kappa shape index (κ3) is 4.02. The molecule has 2 rings (SSSR count). The highest BCUT2D eigenvalue weighted by atomic mass is 79.9. The van der Waals surface area contributed by atoms with Gasteiger partial charge in [-0.1, -0.05) is 43.3 Å². The number of hydrazone groups is 1. The summed E-state index contributed by atoms with van der Waals surface area (Å²) in [7, 11) is 0. The summed E-state index contributed by atoms with van der Waals surface area (Å²) in [4.78, 5) is 12.1. The third-order valence-corrected chi connectivity index (χ3v) is 3.92. The summed E-state index contributed by atoms with van der Waals surface area (Å²) in [5, 5.41) is 4.16. The van der Waals surface area contributed by atoms with Gasteiger partial charge in [0.25, 0.3) is 5.91 Å². The molecule has 0 aliphatic heterocycles. The van der Waals surface area contributed by atoms with Gasteiger partial charge in [0.15, 0.2) is 0 Å². The van der Waals surface area contributed by atoms with Crippen LogP contribution in [0.25, 0.3) is 0 Å². The Balaban J connectivity index is 2.09. The molecule has 108 valence electrons. The molecule has 2 aromatic rings. The van der Waals surface area contributed by atoms with Gasteiger partial charge in [-0.25, -0.2) is 5.43 Å². The molecule has 0 bridgehead atoms. The number of carbonyl (C=O) groups excluding carboxylic acids is 1. The maximum absolute atomic E-state index is 12.1. The summed E-state index contributed by atoms with van der Waals surface area (Å²) in [5.74, 6) is -0.230. The lowest BCUT2D eigenvalue weighted by molar-refractivity contribution is 0.0954. The Hall–Kier alpha value is -1.94. The molecule has 0 spiro atoms. The number of benzene rings is 2. The van der Waals surface area contributed by atoms with Gasteiger partial charge in [-0.15, -0.1) is 0 Å². The molecule has 3 nitrogen and oxygen atoms in total. The van der Waals surface area contributed by atoms with Crippen molar-refractivity contribution in [1.29, 1.82) is 0 Å². The molecule has 0 heterocycles. The van der Waals surface area contributed by atoms with E-state index in [9.17, 15) is 4.79 Å². The fraction of sp³-hybridized carbons (Fsp3) is 0.176. The molecule has 4 heteroatoms. The molecule has 0 unspecified atom stereocenters. The van der Waals surface area contributed by atoms with Gasteiger partial charge >= 0.3 is 0 Å². The lowest BCUT2D eigenvalue weighted by Gasteiger charge is -2.05. The average Bonchev–Trinajstić information content (AvgIpc) is 2.52. The summed E-state index contributed by atoms with van der Waals surface area (Å²) in [5.41, 5.74) is 6.21. The van der Waals surface area contributed by atoms with E-state index in [-0.39, 0.29) is 5.91 Å². The number of rotatable bonds is 4. The van der Waals surface area contributed by atoms with E-state index in [0.29, 0.717) is 5.56 Å². The zero-order chi connectivity index (χ0) is 15.2. The van der Waals surface area contributed by atoms with Crippen LogP contribution in [0.5, 0.6) is 0 Å². The molecule has 0 aromatic heterocycles. The van der Waals surface area contributed by atoms with Crippen molar-refractivity contribution in [3.63, 3.8) is 0 Å². The average molecular weight is 345 g/mol. The van der Waals surface area contributed by atoms with Crippen LogP contribution in [0, 0.1) is 0 Å². The summed E-state index contributed by atoms with van der Waals surface area (Å²) in [6, 6.07) is 15.4. The molecule has 0 aliphatic rings. The Morgan fingerprint density at radius 1 is 1.14 bits per heavy atom. The van der Waals surface area contributed by atoms with E-state index in [1.807, 2.05) is 37.3 Å². The predicted octanol–water partition coefficient (Wildman–Crippen LogP) is 4.17. The number of hydrogen-bond donors (Lipinski definition) is 1. The van der Waals surface area contributed by atoms with Crippen LogP contribution in [0.3, 0.4) is 0 Å². The van der Waals surface area contributed by atoms with Gasteiger partial charge < -0.3 is 0 Å². The molecule has 0 saturated carbocycles. The highest BCUT2D eigenvalue weighted by molar-refractivity contribution is 9.10. The molecule has 1 N–H and O–H groups in total. The first kappa shape index (κ1) is 15.4. The van der Waals surface area contributed by atoms with Crippen molar-refractivity contribution in [3.05, 3.63) is 69.7 Å². The van der Waals surface area contributed by atoms with E-state index in [1.165, 1.54) is 5.56 Å². The molecule has 0 fully saturated rings. The number of aryl methyl sites for hydroxylation is 1. The molecule has 0 atom stereocenters. The van der Waals surface area contributed by atoms with Gasteiger partial charge in [0.1, 0.15) is 0 Å². The Bertz CT molecular complexity index is 663. The molecular weight excluding hydrogens is 328 g/mol. The van der Waals surface area contributed by atoms with E-state index in [4.69, 9.17) is 0 Å². The van der Waals surface area contributed by atoms with E-state index >= 15 is 0 Å². The highest BCUT2D eigenvalue weighted by Crippen LogP contribution is 2.15. The standard InChI is InChI=1S/C17H17BrN2O/c1-3-13-8-10-14(11-9-13)12(2)19-20-17(21)15-6-4-5-7-16(15)18/h4-11H,3H2,1-2H3,(H,20,21). The van der Waals surface area contributed by atoms with E-state index < -0.39 is 0 Å². The summed E-state index contributed by atoms with van der Waals surface area (Å²) < 4.78 is 0.752. The van der Waals surface area contributed by atoms with Gasteiger partial charge in [0, 0.05) is 4.47 Å². The zero-order valence-corrected chi connectivity index (χ0v) is 13.6. The second-order valence-corrected chi connectivity index (χ2v) is 5.52. The molecule has 21 heavy (non-hydrogen) atoms.